The van der Waals surface area contributed by atoms with Crippen molar-refractivity contribution in [3.05, 3.63) is 65.3 Å². The molecule has 2 aromatic rings. The van der Waals surface area contributed by atoms with Crippen LogP contribution in [0.2, 0.25) is 0 Å². The van der Waals surface area contributed by atoms with E-state index in [1.807, 2.05) is 0 Å². The van der Waals surface area contributed by atoms with E-state index in [0.717, 1.165) is 0 Å². The molecule has 21 heavy (non-hydrogen) atoms. The highest BCUT2D eigenvalue weighted by Crippen LogP contribution is 2.33. The van der Waals surface area contributed by atoms with Gasteiger partial charge in [0.2, 0.25) is 6.67 Å². The van der Waals surface area contributed by atoms with E-state index in [4.69, 9.17) is 16.4 Å². The fourth-order valence-electron chi connectivity index (χ4n) is 2.44. The van der Waals surface area contributed by atoms with Gasteiger partial charge in [-0.3, -0.25) is 0 Å². The largest absolute Gasteiger partial charge is 0.339 e. The van der Waals surface area contributed by atoms with Crippen LogP contribution in [0.15, 0.2) is 36.4 Å². The summed E-state index contributed by atoms with van der Waals surface area (Å²) in [5.41, 5.74) is -0.892. The van der Waals surface area contributed by atoms with Crippen molar-refractivity contribution in [3.8, 4) is 0 Å². The van der Waals surface area contributed by atoms with Gasteiger partial charge in [-0.2, -0.15) is 0 Å². The minimum atomic E-state index is -2.62. The Hall–Kier alpha value is -1.96. The summed E-state index contributed by atoms with van der Waals surface area (Å²) in [6.45, 7) is -7.48. The monoisotopic (exact) mass is 290 g/mol. The summed E-state index contributed by atoms with van der Waals surface area (Å²) in [6.07, 6.45) is 0. The lowest BCUT2D eigenvalue weighted by molar-refractivity contribution is 1.01. The molecule has 0 spiro atoms. The highest BCUT2D eigenvalue weighted by molar-refractivity contribution is 5.67. The van der Waals surface area contributed by atoms with Crippen molar-refractivity contribution in [1.29, 1.82) is 0 Å². The maximum Gasteiger partial charge on any atom is 0.208 e. The molecule has 0 N–H and O–H groups in total. The number of rotatable bonds is 2. The van der Waals surface area contributed by atoms with Crippen LogP contribution in [0.4, 0.5) is 11.4 Å². The topological polar surface area (TPSA) is 6.48 Å². The van der Waals surface area contributed by atoms with Crippen molar-refractivity contribution in [1.82, 2.24) is 0 Å². The molecular weight excluding hydrogens is 256 g/mol. The number of aryl methyl sites for hydroxylation is 4. The van der Waals surface area contributed by atoms with Crippen LogP contribution in [0, 0.1) is 34.1 Å². The Labute approximate surface area is 144 Å². The number of para-hydroxylation sites is 2. The van der Waals surface area contributed by atoms with Gasteiger partial charge < -0.3 is 9.80 Å². The van der Waals surface area contributed by atoms with Gasteiger partial charge in [-0.15, -0.1) is 0 Å². The molecule has 0 saturated carbocycles. The number of nitrogens with zero attached hydrogens (tertiary/aromatic N) is 2. The normalized spacial score (nSPS) is 25.7. The molecule has 2 heteroatoms. The summed E-state index contributed by atoms with van der Waals surface area (Å²) in [7, 11) is 0. The molecule has 2 nitrogen and oxygen atoms in total. The Bertz CT molecular complexity index is 871. The van der Waals surface area contributed by atoms with E-state index < -0.39 is 27.4 Å². The third-order valence-corrected chi connectivity index (χ3v) is 3.40. The van der Waals surface area contributed by atoms with Crippen LogP contribution < -0.4 is 9.80 Å². The van der Waals surface area contributed by atoms with Gasteiger partial charge in [-0.1, -0.05) is 36.4 Å². The van der Waals surface area contributed by atoms with Crippen molar-refractivity contribution in [3.63, 3.8) is 0 Å². The first-order valence-corrected chi connectivity index (χ1v) is 6.51. The average molecular weight is 290 g/mol. The van der Waals surface area contributed by atoms with Crippen LogP contribution in [0.5, 0.6) is 0 Å². The third-order valence-electron chi connectivity index (χ3n) is 3.40. The SMILES string of the molecule is [2H]C([2H])([2H])c1cccc(C([2H])([2H])[2H])c1N1[C]N(c2c(C([2H])([2H])[2H])cccc2C([2H])([2H])[2H])CC1. The van der Waals surface area contributed by atoms with Gasteiger partial charge in [0.15, 0.2) is 0 Å². The Morgan fingerprint density at radius 3 is 1.48 bits per heavy atom. The molecule has 1 aliphatic rings. The van der Waals surface area contributed by atoms with Crippen molar-refractivity contribution in [2.24, 2.45) is 0 Å². The minimum Gasteiger partial charge on any atom is -0.339 e. The van der Waals surface area contributed by atoms with Gasteiger partial charge in [0, 0.05) is 40.9 Å². The Balaban J connectivity index is 2.15. The number of hydrogen-bond acceptors (Lipinski definition) is 2. The number of benzene rings is 2. The van der Waals surface area contributed by atoms with Crippen molar-refractivity contribution in [2.45, 2.75) is 27.4 Å². The van der Waals surface area contributed by atoms with E-state index >= 15 is 0 Å². The molecular formula is C19H22N2. The van der Waals surface area contributed by atoms with Gasteiger partial charge in [0.1, 0.15) is 0 Å². The second-order valence-corrected chi connectivity index (χ2v) is 4.81. The lowest BCUT2D eigenvalue weighted by atomic mass is 10.1. The molecule has 0 atom stereocenters. The standard InChI is InChI=1S/C19H22N2/c1-14-7-5-8-15(2)18(14)20-11-12-21(13-20)19-16(3)9-6-10-17(19)4/h5-10H,11-12H2,1-4H3/i1D3,2D3,3D3,4D3. The van der Waals surface area contributed by atoms with E-state index in [1.165, 1.54) is 46.2 Å². The van der Waals surface area contributed by atoms with Gasteiger partial charge in [0.05, 0.1) is 0 Å². The zero-order valence-corrected chi connectivity index (χ0v) is 11.3. The van der Waals surface area contributed by atoms with Crippen LogP contribution in [-0.2, 0) is 0 Å². The summed E-state index contributed by atoms with van der Waals surface area (Å²) in [6, 6.07) is 7.96. The second kappa shape index (κ2) is 5.44. The zero-order chi connectivity index (χ0) is 25.0. The first-order chi connectivity index (χ1) is 14.9. The van der Waals surface area contributed by atoms with Crippen molar-refractivity contribution in [2.75, 3.05) is 22.9 Å². The first kappa shape index (κ1) is 5.68. The number of anilines is 2. The Kier molecular flexibility index (Phi) is 1.47. The smallest absolute Gasteiger partial charge is 0.208 e. The van der Waals surface area contributed by atoms with Gasteiger partial charge in [-0.05, 0) is 49.7 Å². The molecule has 2 radical (unpaired) electrons. The van der Waals surface area contributed by atoms with Crippen LogP contribution in [0.3, 0.4) is 0 Å². The van der Waals surface area contributed by atoms with Crippen molar-refractivity contribution >= 4 is 11.4 Å². The molecule has 0 aliphatic carbocycles. The molecule has 1 fully saturated rings. The molecule has 0 bridgehead atoms. The molecule has 0 amide bonds. The molecule has 1 aliphatic heterocycles. The summed E-state index contributed by atoms with van der Waals surface area (Å²) in [4.78, 5) is 2.62. The lowest BCUT2D eigenvalue weighted by Gasteiger charge is -2.24. The maximum atomic E-state index is 7.86. The molecule has 0 aromatic heterocycles. The minimum absolute atomic E-state index is 0.0678. The van der Waals surface area contributed by atoms with E-state index in [-0.39, 0.29) is 46.7 Å². The lowest BCUT2D eigenvalue weighted by Crippen LogP contribution is -2.21. The highest BCUT2D eigenvalue weighted by atomic mass is 15.4. The summed E-state index contributed by atoms with van der Waals surface area (Å²) >= 11 is 0. The molecule has 3 rings (SSSR count). The molecule has 1 saturated heterocycles. The van der Waals surface area contributed by atoms with Gasteiger partial charge >= 0.3 is 0 Å². The van der Waals surface area contributed by atoms with Gasteiger partial charge in [0.25, 0.3) is 0 Å². The van der Waals surface area contributed by atoms with Crippen LogP contribution in [-0.4, -0.2) is 13.1 Å². The molecule has 108 valence electrons. The second-order valence-electron chi connectivity index (χ2n) is 4.81. The van der Waals surface area contributed by atoms with Crippen LogP contribution in [0.25, 0.3) is 0 Å². The van der Waals surface area contributed by atoms with Crippen LogP contribution >= 0.6 is 0 Å². The summed E-state index contributed by atoms with van der Waals surface area (Å²) in [5, 5.41) is 0. The maximum absolute atomic E-state index is 7.86. The van der Waals surface area contributed by atoms with E-state index in [1.54, 1.807) is 0 Å². The fourth-order valence-corrected chi connectivity index (χ4v) is 2.44. The summed E-state index contributed by atoms with van der Waals surface area (Å²) < 4.78 is 94.3. The average Bonchev–Trinajstić information content (AvgIpc) is 3.13. The molecule has 0 unspecified atom stereocenters. The van der Waals surface area contributed by atoms with Crippen molar-refractivity contribution < 1.29 is 16.4 Å². The first-order valence-electron chi connectivity index (χ1n) is 12.5. The highest BCUT2D eigenvalue weighted by Gasteiger charge is 2.26. The van der Waals surface area contributed by atoms with E-state index in [9.17, 15) is 0 Å². The fraction of sp³-hybridized carbons (Fsp3) is 0.316. The Morgan fingerprint density at radius 1 is 0.762 bits per heavy atom. The quantitative estimate of drug-likeness (QED) is 0.816. The number of hydrogen-bond donors (Lipinski definition) is 0. The zero-order valence-electron chi connectivity index (χ0n) is 23.3. The van der Waals surface area contributed by atoms with E-state index in [0.29, 0.717) is 0 Å². The predicted molar refractivity (Wildman–Crippen MR) is 89.8 cm³/mol. The van der Waals surface area contributed by atoms with E-state index in [2.05, 4.69) is 6.67 Å². The molecule has 2 aromatic carbocycles. The predicted octanol–water partition coefficient (Wildman–Crippen LogP) is 4.24. The summed E-state index contributed by atoms with van der Waals surface area (Å²) in [5.74, 6) is 0. The third kappa shape index (κ3) is 2.51. The Morgan fingerprint density at radius 2 is 1.14 bits per heavy atom. The van der Waals surface area contributed by atoms with Gasteiger partial charge in [-0.25, -0.2) is 0 Å². The van der Waals surface area contributed by atoms with Crippen LogP contribution in [0.1, 0.15) is 38.7 Å². The molecule has 1 heterocycles.